The standard InChI is InChI=1S/C21H22ClN3O2/c1-3-5-17(14-6-4-7-16(22)10-14)24-21-13-23-12-18(25-21)15-8-9-19(26)20(11-15)27-2/h4,6-13,17,26H,3,5H2,1-2H3,(H,24,25). The number of benzene rings is 2. The molecule has 0 amide bonds. The van der Waals surface area contributed by atoms with Gasteiger partial charge in [-0.1, -0.05) is 37.1 Å². The van der Waals surface area contributed by atoms with Gasteiger partial charge in [-0.2, -0.15) is 0 Å². The Morgan fingerprint density at radius 1 is 1.19 bits per heavy atom. The van der Waals surface area contributed by atoms with E-state index in [9.17, 15) is 5.11 Å². The maximum atomic E-state index is 9.78. The second-order valence-electron chi connectivity index (χ2n) is 6.22. The quantitative estimate of drug-likeness (QED) is 0.566. The highest BCUT2D eigenvalue weighted by atomic mass is 35.5. The molecule has 0 saturated carbocycles. The van der Waals surface area contributed by atoms with Crippen molar-refractivity contribution in [2.45, 2.75) is 25.8 Å². The van der Waals surface area contributed by atoms with E-state index in [1.807, 2.05) is 18.2 Å². The molecule has 0 radical (unpaired) electrons. The Bertz CT molecular complexity index is 917. The summed E-state index contributed by atoms with van der Waals surface area (Å²) in [6, 6.07) is 13.0. The van der Waals surface area contributed by atoms with E-state index in [1.165, 1.54) is 7.11 Å². The van der Waals surface area contributed by atoms with Crippen molar-refractivity contribution in [3.63, 3.8) is 0 Å². The molecule has 2 N–H and O–H groups in total. The number of anilines is 1. The second kappa shape index (κ2) is 8.73. The molecule has 1 unspecified atom stereocenters. The monoisotopic (exact) mass is 383 g/mol. The van der Waals surface area contributed by atoms with Crippen molar-refractivity contribution in [3.8, 4) is 22.8 Å². The highest BCUT2D eigenvalue weighted by molar-refractivity contribution is 6.30. The van der Waals surface area contributed by atoms with Gasteiger partial charge in [-0.05, 0) is 42.3 Å². The molecule has 3 aromatic rings. The van der Waals surface area contributed by atoms with E-state index in [4.69, 9.17) is 16.3 Å². The lowest BCUT2D eigenvalue weighted by atomic mass is 10.0. The summed E-state index contributed by atoms with van der Waals surface area (Å²) < 4.78 is 5.18. The van der Waals surface area contributed by atoms with Crippen LogP contribution in [0.1, 0.15) is 31.4 Å². The van der Waals surface area contributed by atoms with E-state index in [0.717, 1.165) is 24.0 Å². The fourth-order valence-electron chi connectivity index (χ4n) is 2.92. The van der Waals surface area contributed by atoms with Crippen LogP contribution in [0.2, 0.25) is 5.02 Å². The van der Waals surface area contributed by atoms with E-state index < -0.39 is 0 Å². The summed E-state index contributed by atoms with van der Waals surface area (Å²) in [4.78, 5) is 8.98. The predicted molar refractivity (Wildman–Crippen MR) is 108 cm³/mol. The topological polar surface area (TPSA) is 67.3 Å². The van der Waals surface area contributed by atoms with Crippen molar-refractivity contribution in [2.24, 2.45) is 0 Å². The number of methoxy groups -OCH3 is 1. The lowest BCUT2D eigenvalue weighted by Gasteiger charge is -2.19. The molecule has 2 aromatic carbocycles. The first-order valence-corrected chi connectivity index (χ1v) is 9.20. The summed E-state index contributed by atoms with van der Waals surface area (Å²) in [5.41, 5.74) is 2.62. The summed E-state index contributed by atoms with van der Waals surface area (Å²) in [5, 5.41) is 14.0. The van der Waals surface area contributed by atoms with Crippen LogP contribution in [-0.2, 0) is 0 Å². The van der Waals surface area contributed by atoms with Gasteiger partial charge >= 0.3 is 0 Å². The Kier molecular flexibility index (Phi) is 6.14. The number of hydrogen-bond acceptors (Lipinski definition) is 5. The molecule has 0 bridgehead atoms. The average Bonchev–Trinajstić information content (AvgIpc) is 2.68. The van der Waals surface area contributed by atoms with Gasteiger partial charge in [-0.15, -0.1) is 0 Å². The molecule has 0 fully saturated rings. The number of hydrogen-bond donors (Lipinski definition) is 2. The van der Waals surface area contributed by atoms with E-state index in [-0.39, 0.29) is 11.8 Å². The van der Waals surface area contributed by atoms with E-state index in [0.29, 0.717) is 22.3 Å². The smallest absolute Gasteiger partial charge is 0.161 e. The van der Waals surface area contributed by atoms with Crippen LogP contribution in [0.4, 0.5) is 5.82 Å². The number of aromatic nitrogens is 2. The van der Waals surface area contributed by atoms with Crippen LogP contribution in [0.25, 0.3) is 11.3 Å². The first-order chi connectivity index (χ1) is 13.1. The van der Waals surface area contributed by atoms with Crippen LogP contribution >= 0.6 is 11.6 Å². The summed E-state index contributed by atoms with van der Waals surface area (Å²) in [6.07, 6.45) is 5.35. The van der Waals surface area contributed by atoms with Crippen LogP contribution < -0.4 is 10.1 Å². The fourth-order valence-corrected chi connectivity index (χ4v) is 3.12. The molecule has 0 aliphatic heterocycles. The number of nitrogens with one attached hydrogen (secondary N) is 1. The fraction of sp³-hybridized carbons (Fsp3) is 0.238. The van der Waals surface area contributed by atoms with Gasteiger partial charge in [0.15, 0.2) is 11.5 Å². The Hall–Kier alpha value is -2.79. The summed E-state index contributed by atoms with van der Waals surface area (Å²) in [5.74, 6) is 1.17. The zero-order valence-corrected chi connectivity index (χ0v) is 16.1. The molecule has 1 heterocycles. The molecular weight excluding hydrogens is 362 g/mol. The largest absolute Gasteiger partial charge is 0.504 e. The van der Waals surface area contributed by atoms with Crippen molar-refractivity contribution in [3.05, 3.63) is 65.4 Å². The molecule has 6 heteroatoms. The van der Waals surface area contributed by atoms with E-state index in [1.54, 1.807) is 30.6 Å². The average molecular weight is 384 g/mol. The minimum atomic E-state index is 0.0902. The third-order valence-electron chi connectivity index (χ3n) is 4.26. The van der Waals surface area contributed by atoms with Crippen LogP contribution in [0.5, 0.6) is 11.5 Å². The summed E-state index contributed by atoms with van der Waals surface area (Å²) in [7, 11) is 1.52. The molecule has 1 atom stereocenters. The number of nitrogens with zero attached hydrogens (tertiary/aromatic N) is 2. The van der Waals surface area contributed by atoms with Crippen molar-refractivity contribution in [1.82, 2.24) is 9.97 Å². The van der Waals surface area contributed by atoms with E-state index in [2.05, 4.69) is 28.3 Å². The van der Waals surface area contributed by atoms with Crippen LogP contribution in [0.15, 0.2) is 54.9 Å². The van der Waals surface area contributed by atoms with Gasteiger partial charge in [0.25, 0.3) is 0 Å². The first-order valence-electron chi connectivity index (χ1n) is 8.82. The Balaban J connectivity index is 1.88. The number of phenolic OH excluding ortho intramolecular Hbond substituents is 1. The number of aromatic hydroxyl groups is 1. The Morgan fingerprint density at radius 3 is 2.78 bits per heavy atom. The molecular formula is C21H22ClN3O2. The van der Waals surface area contributed by atoms with Crippen molar-refractivity contribution >= 4 is 17.4 Å². The zero-order chi connectivity index (χ0) is 19.2. The van der Waals surface area contributed by atoms with Gasteiger partial charge in [0.05, 0.1) is 31.2 Å². The van der Waals surface area contributed by atoms with Gasteiger partial charge in [0, 0.05) is 10.6 Å². The molecule has 3 rings (SSSR count). The Morgan fingerprint density at radius 2 is 2.04 bits per heavy atom. The van der Waals surface area contributed by atoms with Crippen molar-refractivity contribution in [1.29, 1.82) is 0 Å². The van der Waals surface area contributed by atoms with Crippen LogP contribution in [-0.4, -0.2) is 22.2 Å². The number of halogens is 1. The minimum Gasteiger partial charge on any atom is -0.504 e. The van der Waals surface area contributed by atoms with Crippen molar-refractivity contribution < 1.29 is 9.84 Å². The van der Waals surface area contributed by atoms with Gasteiger partial charge in [-0.25, -0.2) is 4.98 Å². The minimum absolute atomic E-state index is 0.0902. The zero-order valence-electron chi connectivity index (χ0n) is 15.3. The number of phenols is 1. The third kappa shape index (κ3) is 4.68. The highest BCUT2D eigenvalue weighted by Crippen LogP contribution is 2.31. The van der Waals surface area contributed by atoms with Crippen LogP contribution in [0, 0.1) is 0 Å². The van der Waals surface area contributed by atoms with Crippen molar-refractivity contribution in [2.75, 3.05) is 12.4 Å². The molecule has 0 spiro atoms. The summed E-state index contributed by atoms with van der Waals surface area (Å²) >= 11 is 6.15. The highest BCUT2D eigenvalue weighted by Gasteiger charge is 2.13. The second-order valence-corrected chi connectivity index (χ2v) is 6.65. The van der Waals surface area contributed by atoms with Gasteiger partial charge in [0.1, 0.15) is 5.82 Å². The number of rotatable bonds is 7. The van der Waals surface area contributed by atoms with Gasteiger partial charge in [-0.3, -0.25) is 4.98 Å². The first kappa shape index (κ1) is 19.0. The lowest BCUT2D eigenvalue weighted by molar-refractivity contribution is 0.373. The maximum Gasteiger partial charge on any atom is 0.161 e. The molecule has 1 aromatic heterocycles. The van der Waals surface area contributed by atoms with E-state index >= 15 is 0 Å². The molecule has 140 valence electrons. The maximum absolute atomic E-state index is 9.78. The molecule has 0 aliphatic carbocycles. The third-order valence-corrected chi connectivity index (χ3v) is 4.50. The molecule has 0 saturated heterocycles. The predicted octanol–water partition coefficient (Wildman–Crippen LogP) is 5.46. The van der Waals surface area contributed by atoms with Crippen LogP contribution in [0.3, 0.4) is 0 Å². The summed E-state index contributed by atoms with van der Waals surface area (Å²) in [6.45, 7) is 2.14. The number of ether oxygens (including phenoxy) is 1. The molecule has 27 heavy (non-hydrogen) atoms. The van der Waals surface area contributed by atoms with Gasteiger partial charge < -0.3 is 15.2 Å². The lowest BCUT2D eigenvalue weighted by Crippen LogP contribution is -2.12. The van der Waals surface area contributed by atoms with Gasteiger partial charge in [0.2, 0.25) is 0 Å². The molecule has 5 nitrogen and oxygen atoms in total. The SMILES string of the molecule is CCCC(Nc1cncc(-c2ccc(O)c(OC)c2)n1)c1cccc(Cl)c1. The normalized spacial score (nSPS) is 11.8. The molecule has 0 aliphatic rings. The Labute approximate surface area is 164 Å².